The number of quaternary nitrogens is 1. The van der Waals surface area contributed by atoms with E-state index in [-0.39, 0.29) is 0 Å². The minimum Gasteiger partial charge on any atom is -0.346 e. The second kappa shape index (κ2) is 4.86. The summed E-state index contributed by atoms with van der Waals surface area (Å²) in [4.78, 5) is 0. The van der Waals surface area contributed by atoms with Crippen LogP contribution in [-0.2, 0) is 0 Å². The van der Waals surface area contributed by atoms with Crippen LogP contribution in [0, 0.1) is 23.7 Å². The van der Waals surface area contributed by atoms with Crippen LogP contribution in [0.4, 0.5) is 0 Å². The van der Waals surface area contributed by atoms with E-state index in [2.05, 4.69) is 26.2 Å². The van der Waals surface area contributed by atoms with Crippen LogP contribution < -0.4 is 5.32 Å². The van der Waals surface area contributed by atoms with Crippen molar-refractivity contribution < 1.29 is 5.32 Å². The van der Waals surface area contributed by atoms with E-state index >= 15 is 0 Å². The van der Waals surface area contributed by atoms with Crippen molar-refractivity contribution in [2.24, 2.45) is 23.7 Å². The molecule has 88 valence electrons. The third kappa shape index (κ3) is 2.22. The number of hydrogen-bond acceptors (Lipinski definition) is 0. The zero-order valence-corrected chi connectivity index (χ0v) is 10.7. The molecule has 0 saturated heterocycles. The Bertz CT molecular complexity index is 198. The molecule has 2 aliphatic rings. The Balaban J connectivity index is 1.93. The van der Waals surface area contributed by atoms with Crippen LogP contribution >= 0.6 is 0 Å². The van der Waals surface area contributed by atoms with E-state index in [1.807, 2.05) is 0 Å². The molecule has 1 nitrogen and oxygen atoms in total. The molecule has 0 radical (unpaired) electrons. The molecule has 5 unspecified atom stereocenters. The molecule has 0 amide bonds. The SMILES string of the molecule is CCC1CCC(C)C(C2CCC2[NH2+]C)C1. The van der Waals surface area contributed by atoms with Crippen LogP contribution in [0.3, 0.4) is 0 Å². The van der Waals surface area contributed by atoms with E-state index in [1.165, 1.54) is 38.5 Å². The lowest BCUT2D eigenvalue weighted by Gasteiger charge is -2.45. The maximum Gasteiger partial charge on any atom is 0.0888 e. The average Bonchev–Trinajstić information content (AvgIpc) is 2.20. The zero-order valence-electron chi connectivity index (χ0n) is 10.7. The number of nitrogens with two attached hydrogens (primary N) is 1. The molecule has 0 aromatic rings. The van der Waals surface area contributed by atoms with E-state index in [4.69, 9.17) is 0 Å². The van der Waals surface area contributed by atoms with Crippen molar-refractivity contribution in [1.82, 2.24) is 0 Å². The normalized spacial score (nSPS) is 46.2. The van der Waals surface area contributed by atoms with Crippen molar-refractivity contribution in [2.75, 3.05) is 7.05 Å². The van der Waals surface area contributed by atoms with Crippen molar-refractivity contribution >= 4 is 0 Å². The first-order valence-corrected chi connectivity index (χ1v) is 7.05. The van der Waals surface area contributed by atoms with Crippen molar-refractivity contribution in [1.29, 1.82) is 0 Å². The van der Waals surface area contributed by atoms with Crippen LogP contribution in [-0.4, -0.2) is 13.1 Å². The Morgan fingerprint density at radius 2 is 1.87 bits per heavy atom. The summed E-state index contributed by atoms with van der Waals surface area (Å²) >= 11 is 0. The highest BCUT2D eigenvalue weighted by Gasteiger charge is 2.42. The Hall–Kier alpha value is -0.0400. The van der Waals surface area contributed by atoms with E-state index in [0.717, 1.165) is 29.7 Å². The van der Waals surface area contributed by atoms with Crippen molar-refractivity contribution in [2.45, 2.75) is 58.4 Å². The minimum absolute atomic E-state index is 0.966. The van der Waals surface area contributed by atoms with Gasteiger partial charge >= 0.3 is 0 Å². The number of hydrogen-bond donors (Lipinski definition) is 1. The molecule has 0 spiro atoms. The highest BCUT2D eigenvalue weighted by Crippen LogP contribution is 2.45. The molecule has 2 rings (SSSR count). The van der Waals surface area contributed by atoms with E-state index in [0.29, 0.717) is 0 Å². The monoisotopic (exact) mass is 210 g/mol. The summed E-state index contributed by atoms with van der Waals surface area (Å²) in [6.45, 7) is 4.88. The second-order valence-electron chi connectivity index (χ2n) is 5.97. The van der Waals surface area contributed by atoms with Gasteiger partial charge in [0.05, 0.1) is 13.1 Å². The van der Waals surface area contributed by atoms with Gasteiger partial charge in [0, 0.05) is 12.3 Å². The molecule has 0 heterocycles. The zero-order chi connectivity index (χ0) is 10.8. The maximum atomic E-state index is 2.50. The Morgan fingerprint density at radius 1 is 1.07 bits per heavy atom. The third-order valence-corrected chi connectivity index (χ3v) is 5.31. The van der Waals surface area contributed by atoms with Crippen LogP contribution in [0.1, 0.15) is 52.4 Å². The molecule has 0 bridgehead atoms. The average molecular weight is 210 g/mol. The van der Waals surface area contributed by atoms with Crippen molar-refractivity contribution in [3.05, 3.63) is 0 Å². The molecule has 2 N–H and O–H groups in total. The maximum absolute atomic E-state index is 2.50. The molecule has 0 aromatic heterocycles. The van der Waals surface area contributed by atoms with Gasteiger partial charge in [0.1, 0.15) is 0 Å². The highest BCUT2D eigenvalue weighted by atomic mass is 14.9. The van der Waals surface area contributed by atoms with Crippen molar-refractivity contribution in [3.8, 4) is 0 Å². The van der Waals surface area contributed by atoms with Gasteiger partial charge in [-0.1, -0.05) is 33.1 Å². The third-order valence-electron chi connectivity index (χ3n) is 5.31. The molecule has 2 saturated carbocycles. The standard InChI is InChI=1S/C14H27N/c1-4-11-6-5-10(2)13(9-11)12-7-8-14(12)15-3/h10-15H,4-9H2,1-3H3/p+1. The first-order valence-electron chi connectivity index (χ1n) is 7.05. The minimum atomic E-state index is 0.966. The molecular formula is C14H28N+. The summed E-state index contributed by atoms with van der Waals surface area (Å²) in [6, 6.07) is 0.966. The largest absolute Gasteiger partial charge is 0.346 e. The fourth-order valence-electron chi connectivity index (χ4n) is 3.91. The Morgan fingerprint density at radius 3 is 2.40 bits per heavy atom. The van der Waals surface area contributed by atoms with Crippen LogP contribution in [0.5, 0.6) is 0 Å². The Labute approximate surface area is 95.0 Å². The molecule has 2 fully saturated rings. The smallest absolute Gasteiger partial charge is 0.0888 e. The predicted octanol–water partition coefficient (Wildman–Crippen LogP) is 2.42. The predicted molar refractivity (Wildman–Crippen MR) is 64.6 cm³/mol. The summed E-state index contributed by atoms with van der Waals surface area (Å²) in [5.41, 5.74) is 0. The lowest BCUT2D eigenvalue weighted by molar-refractivity contribution is -0.684. The van der Waals surface area contributed by atoms with Crippen LogP contribution in [0.15, 0.2) is 0 Å². The van der Waals surface area contributed by atoms with Gasteiger partial charge < -0.3 is 5.32 Å². The first kappa shape index (κ1) is 11.4. The van der Waals surface area contributed by atoms with Gasteiger partial charge in [-0.2, -0.15) is 0 Å². The van der Waals surface area contributed by atoms with E-state index < -0.39 is 0 Å². The van der Waals surface area contributed by atoms with Gasteiger partial charge in [-0.3, -0.25) is 0 Å². The van der Waals surface area contributed by atoms with Crippen molar-refractivity contribution in [3.63, 3.8) is 0 Å². The molecule has 15 heavy (non-hydrogen) atoms. The van der Waals surface area contributed by atoms with E-state index in [1.54, 1.807) is 0 Å². The van der Waals surface area contributed by atoms with Crippen LogP contribution in [0.2, 0.25) is 0 Å². The topological polar surface area (TPSA) is 16.6 Å². The fraction of sp³-hybridized carbons (Fsp3) is 1.00. The number of rotatable bonds is 3. The summed E-state index contributed by atoms with van der Waals surface area (Å²) < 4.78 is 0. The van der Waals surface area contributed by atoms with Crippen LogP contribution in [0.25, 0.3) is 0 Å². The molecule has 5 atom stereocenters. The quantitative estimate of drug-likeness (QED) is 0.737. The Kier molecular flexibility index (Phi) is 3.71. The van der Waals surface area contributed by atoms with Gasteiger partial charge in [0.2, 0.25) is 0 Å². The van der Waals surface area contributed by atoms with Gasteiger partial charge in [-0.25, -0.2) is 0 Å². The molecule has 1 heteroatoms. The fourth-order valence-corrected chi connectivity index (χ4v) is 3.91. The van der Waals surface area contributed by atoms with Gasteiger partial charge in [-0.05, 0) is 30.6 Å². The van der Waals surface area contributed by atoms with E-state index in [9.17, 15) is 0 Å². The summed E-state index contributed by atoms with van der Waals surface area (Å²) in [6.07, 6.45) is 8.93. The molecule has 0 aliphatic heterocycles. The lowest BCUT2D eigenvalue weighted by atomic mass is 9.61. The molecular weight excluding hydrogens is 182 g/mol. The summed E-state index contributed by atoms with van der Waals surface area (Å²) in [5.74, 6) is 4.16. The summed E-state index contributed by atoms with van der Waals surface area (Å²) in [5, 5.41) is 2.47. The molecule has 2 aliphatic carbocycles. The van der Waals surface area contributed by atoms with Gasteiger partial charge in [0.25, 0.3) is 0 Å². The van der Waals surface area contributed by atoms with Gasteiger partial charge in [-0.15, -0.1) is 0 Å². The molecule has 0 aromatic carbocycles. The summed E-state index contributed by atoms with van der Waals surface area (Å²) in [7, 11) is 2.27. The lowest BCUT2D eigenvalue weighted by Crippen LogP contribution is -2.90. The van der Waals surface area contributed by atoms with Gasteiger partial charge in [0.15, 0.2) is 0 Å². The first-order chi connectivity index (χ1) is 7.26. The second-order valence-corrected chi connectivity index (χ2v) is 5.97. The highest BCUT2D eigenvalue weighted by molar-refractivity contribution is 4.90.